The van der Waals surface area contributed by atoms with Crippen molar-refractivity contribution in [2.24, 2.45) is 5.92 Å². The minimum absolute atomic E-state index is 0.0231. The number of carbonyl (C=O) groups excluding carboxylic acids is 2. The maximum Gasteiger partial charge on any atom is 0.308 e. The van der Waals surface area contributed by atoms with Crippen LogP contribution in [0.25, 0.3) is 0 Å². The van der Waals surface area contributed by atoms with E-state index in [1.807, 2.05) is 47.4 Å². The minimum Gasteiger partial charge on any atom is -0.481 e. The maximum atomic E-state index is 13.9. The second kappa shape index (κ2) is 14.2. The summed E-state index contributed by atoms with van der Waals surface area (Å²) in [5.41, 5.74) is 2.56. The number of hydrogen-bond acceptors (Lipinski definition) is 6. The Bertz CT molecular complexity index is 1370. The molecule has 0 bridgehead atoms. The van der Waals surface area contributed by atoms with Gasteiger partial charge in [0.05, 0.1) is 40.2 Å². The molecule has 0 radical (unpaired) electrons. The second-order valence-corrected chi connectivity index (χ2v) is 13.7. The summed E-state index contributed by atoms with van der Waals surface area (Å²) >= 11 is 0. The largest absolute Gasteiger partial charge is 0.481 e. The molecule has 0 unspecified atom stereocenters. The van der Waals surface area contributed by atoms with Crippen molar-refractivity contribution < 1.29 is 33.4 Å². The number of fused-ring (bicyclic) bond motifs is 2. The number of rotatable bonds is 15. The Morgan fingerprint density at radius 1 is 1.02 bits per heavy atom. The van der Waals surface area contributed by atoms with Crippen LogP contribution < -0.4 is 9.47 Å². The Balaban J connectivity index is 1.35. The van der Waals surface area contributed by atoms with Crippen molar-refractivity contribution in [3.63, 3.8) is 0 Å². The first kappa shape index (κ1) is 32.8. The Morgan fingerprint density at radius 3 is 2.51 bits per heavy atom. The number of ether oxygens (including phenoxy) is 2. The summed E-state index contributed by atoms with van der Waals surface area (Å²) in [7, 11) is 6.53. The molecule has 2 amide bonds. The van der Waals surface area contributed by atoms with Gasteiger partial charge in [0.25, 0.3) is 5.91 Å². The van der Waals surface area contributed by atoms with Crippen LogP contribution in [0.1, 0.15) is 66.4 Å². The summed E-state index contributed by atoms with van der Waals surface area (Å²) in [6.45, 7) is 6.24. The molecule has 0 aliphatic carbocycles. The van der Waals surface area contributed by atoms with E-state index < -0.39 is 17.9 Å². The fourth-order valence-electron chi connectivity index (χ4n) is 6.99. The molecule has 0 saturated carbocycles. The van der Waals surface area contributed by atoms with E-state index in [9.17, 15) is 19.5 Å². The molecule has 0 aromatic heterocycles. The lowest BCUT2D eigenvalue weighted by Crippen LogP contribution is -2.46. The molecule has 0 spiro atoms. The van der Waals surface area contributed by atoms with E-state index in [0.717, 1.165) is 47.8 Å². The number of likely N-dealkylation sites (tertiary alicyclic amines) is 1. The van der Waals surface area contributed by atoms with Gasteiger partial charge >= 0.3 is 5.97 Å². The molecule has 244 valence electrons. The SMILES string of the molecule is CCCCN(CCCC[N+](C)(C)C)C(=O)CN1C[C@H](c2ccc3c(c2)OCO3)[C@@H](C(=O)O)[C@@H]1CCN1Cc2ccccc2C1=O. The predicted octanol–water partition coefficient (Wildman–Crippen LogP) is 4.05. The number of quaternary nitrogens is 1. The van der Waals surface area contributed by atoms with Crippen molar-refractivity contribution in [1.82, 2.24) is 14.7 Å². The van der Waals surface area contributed by atoms with Gasteiger partial charge in [0.2, 0.25) is 12.7 Å². The van der Waals surface area contributed by atoms with Crippen LogP contribution in [0.5, 0.6) is 11.5 Å². The average molecular weight is 622 g/mol. The summed E-state index contributed by atoms with van der Waals surface area (Å²) in [6.07, 6.45) is 4.35. The zero-order valence-corrected chi connectivity index (χ0v) is 27.2. The third-order valence-electron chi connectivity index (χ3n) is 9.43. The highest BCUT2D eigenvalue weighted by molar-refractivity contribution is 5.98. The third kappa shape index (κ3) is 7.79. The van der Waals surface area contributed by atoms with Crippen LogP contribution in [0.3, 0.4) is 0 Å². The standard InChI is InChI=1S/C35H48N4O6/c1-5-6-16-36(17-9-10-19-39(2,3)4)32(40)23-38-22-28(25-13-14-30-31(20-25)45-24-44-30)33(35(42)43)29(38)15-18-37-21-26-11-7-8-12-27(26)34(37)41/h7-8,11-14,20,28-29,33H,5-6,9-10,15-19,21-24H2,1-4H3/p+1/t28-,29+,33-/m1/s1. The van der Waals surface area contributed by atoms with Crippen molar-refractivity contribution in [3.8, 4) is 11.5 Å². The molecule has 45 heavy (non-hydrogen) atoms. The van der Waals surface area contributed by atoms with Crippen LogP contribution in [0.4, 0.5) is 0 Å². The van der Waals surface area contributed by atoms with E-state index in [-0.39, 0.29) is 31.1 Å². The van der Waals surface area contributed by atoms with Crippen molar-refractivity contribution >= 4 is 17.8 Å². The van der Waals surface area contributed by atoms with Gasteiger partial charge < -0.3 is 28.9 Å². The molecule has 1 N–H and O–H groups in total. The van der Waals surface area contributed by atoms with Gasteiger partial charge in [-0.15, -0.1) is 0 Å². The number of nitrogens with zero attached hydrogens (tertiary/aromatic N) is 4. The smallest absolute Gasteiger partial charge is 0.308 e. The van der Waals surface area contributed by atoms with Gasteiger partial charge in [-0.1, -0.05) is 37.6 Å². The Kier molecular flexibility index (Phi) is 10.3. The van der Waals surface area contributed by atoms with E-state index in [2.05, 4.69) is 33.0 Å². The normalized spacial score (nSPS) is 20.9. The lowest BCUT2D eigenvalue weighted by molar-refractivity contribution is -0.870. The van der Waals surface area contributed by atoms with Crippen LogP contribution >= 0.6 is 0 Å². The molecule has 3 aliphatic heterocycles. The number of carbonyl (C=O) groups is 3. The van der Waals surface area contributed by atoms with Gasteiger partial charge in [0.1, 0.15) is 0 Å². The van der Waals surface area contributed by atoms with Gasteiger partial charge in [0.15, 0.2) is 11.5 Å². The number of hydrogen-bond donors (Lipinski definition) is 1. The lowest BCUT2D eigenvalue weighted by Gasteiger charge is -2.31. The first-order valence-corrected chi connectivity index (χ1v) is 16.4. The monoisotopic (exact) mass is 621 g/mol. The average Bonchev–Trinajstić information content (AvgIpc) is 3.70. The molecule has 1 fully saturated rings. The number of benzene rings is 2. The molecule has 2 aromatic rings. The topological polar surface area (TPSA) is 99.6 Å². The van der Waals surface area contributed by atoms with E-state index in [0.29, 0.717) is 56.2 Å². The maximum absolute atomic E-state index is 13.9. The molecular formula is C35H49N4O6+. The van der Waals surface area contributed by atoms with Crippen molar-refractivity contribution in [2.45, 2.75) is 57.5 Å². The fraction of sp³-hybridized carbons (Fsp3) is 0.571. The van der Waals surface area contributed by atoms with Crippen LogP contribution in [0.2, 0.25) is 0 Å². The number of carboxylic acid groups (broad SMARTS) is 1. The van der Waals surface area contributed by atoms with Gasteiger partial charge in [-0.2, -0.15) is 0 Å². The van der Waals surface area contributed by atoms with Crippen LogP contribution in [-0.2, 0) is 16.1 Å². The Hall–Kier alpha value is -3.63. The highest BCUT2D eigenvalue weighted by atomic mass is 16.7. The highest BCUT2D eigenvalue weighted by Crippen LogP contribution is 2.43. The third-order valence-corrected chi connectivity index (χ3v) is 9.43. The molecular weight excluding hydrogens is 572 g/mol. The van der Waals surface area contributed by atoms with Gasteiger partial charge in [-0.3, -0.25) is 19.3 Å². The predicted molar refractivity (Wildman–Crippen MR) is 171 cm³/mol. The van der Waals surface area contributed by atoms with Crippen LogP contribution in [0, 0.1) is 5.92 Å². The number of amides is 2. The second-order valence-electron chi connectivity index (χ2n) is 13.7. The van der Waals surface area contributed by atoms with Crippen molar-refractivity contribution in [2.75, 3.05) is 67.2 Å². The van der Waals surface area contributed by atoms with Crippen LogP contribution in [-0.4, -0.2) is 115 Å². The molecule has 5 rings (SSSR count). The van der Waals surface area contributed by atoms with Gasteiger partial charge in [-0.05, 0) is 55.0 Å². The number of aliphatic carboxylic acids is 1. The van der Waals surface area contributed by atoms with Crippen molar-refractivity contribution in [3.05, 3.63) is 59.2 Å². The first-order chi connectivity index (χ1) is 21.6. The van der Waals surface area contributed by atoms with E-state index in [4.69, 9.17) is 9.47 Å². The quantitative estimate of drug-likeness (QED) is 0.237. The van der Waals surface area contributed by atoms with E-state index in [1.54, 1.807) is 4.90 Å². The van der Waals surface area contributed by atoms with Crippen LogP contribution in [0.15, 0.2) is 42.5 Å². The van der Waals surface area contributed by atoms with E-state index in [1.165, 1.54) is 0 Å². The fourth-order valence-corrected chi connectivity index (χ4v) is 6.99. The summed E-state index contributed by atoms with van der Waals surface area (Å²) in [5, 5.41) is 10.6. The lowest BCUT2D eigenvalue weighted by atomic mass is 9.84. The number of unbranched alkanes of at least 4 members (excludes halogenated alkanes) is 2. The molecule has 10 nitrogen and oxygen atoms in total. The number of carboxylic acids is 1. The Labute approximate surface area is 267 Å². The molecule has 1 saturated heterocycles. The summed E-state index contributed by atoms with van der Waals surface area (Å²) in [5.74, 6) is -0.693. The molecule has 3 aliphatic rings. The zero-order chi connectivity index (χ0) is 32.1. The molecule has 10 heteroatoms. The summed E-state index contributed by atoms with van der Waals surface area (Å²) in [4.78, 5) is 45.9. The zero-order valence-electron chi connectivity index (χ0n) is 27.2. The molecule has 2 aromatic carbocycles. The highest BCUT2D eigenvalue weighted by Gasteiger charge is 2.47. The summed E-state index contributed by atoms with van der Waals surface area (Å²) < 4.78 is 12.0. The minimum atomic E-state index is -0.892. The first-order valence-electron chi connectivity index (χ1n) is 16.4. The Morgan fingerprint density at radius 2 is 1.78 bits per heavy atom. The molecule has 3 heterocycles. The van der Waals surface area contributed by atoms with Gasteiger partial charge in [-0.25, -0.2) is 0 Å². The van der Waals surface area contributed by atoms with Crippen molar-refractivity contribution in [1.29, 1.82) is 0 Å². The summed E-state index contributed by atoms with van der Waals surface area (Å²) in [6, 6.07) is 12.8. The van der Waals surface area contributed by atoms with E-state index >= 15 is 0 Å². The molecule has 3 atom stereocenters. The van der Waals surface area contributed by atoms with Gasteiger partial charge in [0, 0.05) is 50.2 Å².